The van der Waals surface area contributed by atoms with Gasteiger partial charge in [0.05, 0.1) is 0 Å². The van der Waals surface area contributed by atoms with E-state index < -0.39 is 0 Å². The minimum absolute atomic E-state index is 0.255. The summed E-state index contributed by atoms with van der Waals surface area (Å²) in [5, 5.41) is 0. The zero-order chi connectivity index (χ0) is 11.8. The van der Waals surface area contributed by atoms with Crippen LogP contribution in [-0.2, 0) is 5.54 Å². The molecule has 0 aliphatic carbocycles. The van der Waals surface area contributed by atoms with Crippen LogP contribution in [0.15, 0.2) is 40.9 Å². The summed E-state index contributed by atoms with van der Waals surface area (Å²) in [5.41, 5.74) is 7.06. The van der Waals surface area contributed by atoms with Crippen molar-refractivity contribution in [2.24, 2.45) is 5.73 Å². The second-order valence-corrected chi connectivity index (χ2v) is 6.40. The third-order valence-corrected chi connectivity index (χ3v) is 4.32. The molecule has 0 saturated heterocycles. The van der Waals surface area contributed by atoms with Gasteiger partial charge in [-0.1, -0.05) is 28.1 Å². The van der Waals surface area contributed by atoms with E-state index in [2.05, 4.69) is 40.2 Å². The number of nitrogens with two attached hydrogens (primary N) is 1. The molecule has 1 nitrogen and oxygen atoms in total. The lowest BCUT2D eigenvalue weighted by Gasteiger charge is -2.15. The Kier molecular flexibility index (Phi) is 3.19. The first-order chi connectivity index (χ1) is 7.47. The molecule has 0 aliphatic rings. The minimum Gasteiger partial charge on any atom is -0.321 e. The van der Waals surface area contributed by atoms with Crippen molar-refractivity contribution in [2.45, 2.75) is 19.4 Å². The quantitative estimate of drug-likeness (QED) is 0.875. The van der Waals surface area contributed by atoms with Crippen LogP contribution in [-0.4, -0.2) is 0 Å². The molecule has 0 aliphatic heterocycles. The molecule has 0 amide bonds. The summed E-state index contributed by atoms with van der Waals surface area (Å²) in [7, 11) is 0. The monoisotopic (exact) mass is 295 g/mol. The van der Waals surface area contributed by atoms with E-state index in [4.69, 9.17) is 5.73 Å². The van der Waals surface area contributed by atoms with Gasteiger partial charge >= 0.3 is 0 Å². The number of thiophene rings is 1. The zero-order valence-electron chi connectivity index (χ0n) is 9.33. The average Bonchev–Trinajstić information content (AvgIpc) is 2.65. The van der Waals surface area contributed by atoms with Gasteiger partial charge in [-0.2, -0.15) is 0 Å². The van der Waals surface area contributed by atoms with Gasteiger partial charge in [-0.05, 0) is 43.7 Å². The molecule has 1 heterocycles. The summed E-state index contributed by atoms with van der Waals surface area (Å²) >= 11 is 5.24. The van der Waals surface area contributed by atoms with Crippen molar-refractivity contribution in [2.75, 3.05) is 0 Å². The first kappa shape index (κ1) is 11.8. The maximum Gasteiger partial charge on any atom is 0.0446 e. The molecule has 1 aromatic carbocycles. The molecule has 2 N–H and O–H groups in total. The highest BCUT2D eigenvalue weighted by Crippen LogP contribution is 2.33. The predicted octanol–water partition coefficient (Wildman–Crippen LogP) is 4.37. The van der Waals surface area contributed by atoms with Crippen LogP contribution in [0.2, 0.25) is 0 Å². The van der Waals surface area contributed by atoms with Gasteiger partial charge in [-0.15, -0.1) is 11.3 Å². The number of halogens is 1. The maximum atomic E-state index is 6.08. The topological polar surface area (TPSA) is 26.0 Å². The van der Waals surface area contributed by atoms with Crippen LogP contribution in [0.5, 0.6) is 0 Å². The van der Waals surface area contributed by atoms with E-state index in [1.165, 1.54) is 15.3 Å². The van der Waals surface area contributed by atoms with Crippen molar-refractivity contribution in [3.63, 3.8) is 0 Å². The lowest BCUT2D eigenvalue weighted by molar-refractivity contribution is 0.567. The van der Waals surface area contributed by atoms with Gasteiger partial charge in [0, 0.05) is 19.8 Å². The molecule has 0 bridgehead atoms. The molecule has 0 fully saturated rings. The Hall–Kier alpha value is -0.640. The Morgan fingerprint density at radius 3 is 2.50 bits per heavy atom. The van der Waals surface area contributed by atoms with E-state index in [1.807, 2.05) is 26.0 Å². The molecule has 16 heavy (non-hydrogen) atoms. The van der Waals surface area contributed by atoms with Gasteiger partial charge in [-0.3, -0.25) is 0 Å². The molecule has 1 aromatic heterocycles. The van der Waals surface area contributed by atoms with Crippen LogP contribution in [0.4, 0.5) is 0 Å². The van der Waals surface area contributed by atoms with Crippen molar-refractivity contribution in [1.82, 2.24) is 0 Å². The van der Waals surface area contributed by atoms with E-state index in [-0.39, 0.29) is 5.54 Å². The highest BCUT2D eigenvalue weighted by Gasteiger charge is 2.16. The van der Waals surface area contributed by atoms with Crippen molar-refractivity contribution in [1.29, 1.82) is 0 Å². The molecule has 0 atom stereocenters. The van der Waals surface area contributed by atoms with Gasteiger partial charge in [0.25, 0.3) is 0 Å². The van der Waals surface area contributed by atoms with Crippen molar-refractivity contribution >= 4 is 27.3 Å². The van der Waals surface area contributed by atoms with Gasteiger partial charge in [0.15, 0.2) is 0 Å². The van der Waals surface area contributed by atoms with Crippen LogP contribution < -0.4 is 5.73 Å². The summed E-state index contributed by atoms with van der Waals surface area (Å²) in [6, 6.07) is 12.6. The maximum absolute atomic E-state index is 6.08. The van der Waals surface area contributed by atoms with Crippen LogP contribution >= 0.6 is 27.3 Å². The summed E-state index contributed by atoms with van der Waals surface area (Å²) in [6.45, 7) is 4.06. The zero-order valence-corrected chi connectivity index (χ0v) is 11.7. The Labute approximate surface area is 108 Å². The average molecular weight is 296 g/mol. The largest absolute Gasteiger partial charge is 0.321 e. The van der Waals surface area contributed by atoms with Gasteiger partial charge < -0.3 is 5.73 Å². The predicted molar refractivity (Wildman–Crippen MR) is 74.7 cm³/mol. The highest BCUT2D eigenvalue weighted by atomic mass is 79.9. The summed E-state index contributed by atoms with van der Waals surface area (Å²) in [4.78, 5) is 2.47. The Bertz CT molecular complexity index is 497. The third-order valence-electron chi connectivity index (χ3n) is 2.35. The van der Waals surface area contributed by atoms with E-state index in [0.717, 1.165) is 4.47 Å². The summed E-state index contributed by atoms with van der Waals surface area (Å²) in [5.74, 6) is 0. The van der Waals surface area contributed by atoms with Crippen molar-refractivity contribution in [3.05, 3.63) is 45.7 Å². The summed E-state index contributed by atoms with van der Waals surface area (Å²) < 4.78 is 1.10. The third kappa shape index (κ3) is 2.54. The fourth-order valence-corrected chi connectivity index (χ4v) is 2.90. The lowest BCUT2D eigenvalue weighted by Crippen LogP contribution is -2.27. The van der Waals surface area contributed by atoms with E-state index in [9.17, 15) is 0 Å². The van der Waals surface area contributed by atoms with Crippen LogP contribution in [0.1, 0.15) is 18.7 Å². The smallest absolute Gasteiger partial charge is 0.0446 e. The molecule has 2 rings (SSSR count). The van der Waals surface area contributed by atoms with E-state index >= 15 is 0 Å². The van der Waals surface area contributed by atoms with Crippen molar-refractivity contribution < 1.29 is 0 Å². The first-order valence-corrected chi connectivity index (χ1v) is 6.73. The Balaban J connectivity index is 2.39. The van der Waals surface area contributed by atoms with Crippen LogP contribution in [0.25, 0.3) is 10.4 Å². The van der Waals surface area contributed by atoms with E-state index in [0.29, 0.717) is 0 Å². The second kappa shape index (κ2) is 4.32. The van der Waals surface area contributed by atoms with Gasteiger partial charge in [-0.25, -0.2) is 0 Å². The molecule has 0 radical (unpaired) electrons. The molecule has 84 valence electrons. The molecule has 0 spiro atoms. The van der Waals surface area contributed by atoms with E-state index in [1.54, 1.807) is 11.3 Å². The molecule has 0 unspecified atom stereocenters. The Morgan fingerprint density at radius 1 is 1.19 bits per heavy atom. The fraction of sp³-hybridized carbons (Fsp3) is 0.231. The lowest BCUT2D eigenvalue weighted by atomic mass is 10.1. The molecule has 2 aromatic rings. The molecule has 0 saturated carbocycles. The molecule has 3 heteroatoms. The van der Waals surface area contributed by atoms with Gasteiger partial charge in [0.1, 0.15) is 0 Å². The normalized spacial score (nSPS) is 11.8. The first-order valence-electron chi connectivity index (χ1n) is 5.12. The number of hydrogen-bond donors (Lipinski definition) is 1. The highest BCUT2D eigenvalue weighted by molar-refractivity contribution is 9.10. The standard InChI is InChI=1S/C13H14BrNS/c1-13(2,15)12-7-6-11(16-12)9-4-3-5-10(14)8-9/h3-8H,15H2,1-2H3. The number of rotatable bonds is 2. The van der Waals surface area contributed by atoms with Gasteiger partial charge in [0.2, 0.25) is 0 Å². The Morgan fingerprint density at radius 2 is 1.94 bits per heavy atom. The van der Waals surface area contributed by atoms with Crippen LogP contribution in [0, 0.1) is 0 Å². The van der Waals surface area contributed by atoms with Crippen molar-refractivity contribution in [3.8, 4) is 10.4 Å². The molecular weight excluding hydrogens is 282 g/mol. The van der Waals surface area contributed by atoms with Crippen LogP contribution in [0.3, 0.4) is 0 Å². The number of benzene rings is 1. The number of hydrogen-bond acceptors (Lipinski definition) is 2. The summed E-state index contributed by atoms with van der Waals surface area (Å²) in [6.07, 6.45) is 0. The minimum atomic E-state index is -0.255. The fourth-order valence-electron chi connectivity index (χ4n) is 1.48. The molecular formula is C13H14BrNS. The SMILES string of the molecule is CC(C)(N)c1ccc(-c2cccc(Br)c2)s1. The second-order valence-electron chi connectivity index (χ2n) is 4.40.